The molecule has 0 fully saturated rings. The van der Waals surface area contributed by atoms with Crippen LogP contribution in [0, 0.1) is 27.7 Å². The minimum absolute atomic E-state index is 0.0939. The second-order valence-corrected chi connectivity index (χ2v) is 9.30. The van der Waals surface area contributed by atoms with Crippen LogP contribution in [0.15, 0.2) is 28.2 Å². The second kappa shape index (κ2) is 7.14. The van der Waals surface area contributed by atoms with Crippen LogP contribution in [-0.2, 0) is 0 Å². The monoisotopic (exact) mass is 412 g/mol. The van der Waals surface area contributed by atoms with Crippen molar-refractivity contribution in [1.29, 1.82) is 0 Å². The van der Waals surface area contributed by atoms with Gasteiger partial charge in [-0.2, -0.15) is 4.68 Å². The molecule has 4 aromatic rings. The highest BCUT2D eigenvalue weighted by Gasteiger charge is 2.20. The fourth-order valence-electron chi connectivity index (χ4n) is 3.21. The number of rotatable bonds is 4. The number of fused-ring (bicyclic) bond motifs is 1. The van der Waals surface area contributed by atoms with Crippen LogP contribution in [0.1, 0.15) is 39.6 Å². The molecule has 0 amide bonds. The lowest BCUT2D eigenvalue weighted by atomic mass is 10.1. The van der Waals surface area contributed by atoms with Crippen molar-refractivity contribution >= 4 is 33.3 Å². The number of aromatic nitrogens is 6. The average molecular weight is 413 g/mol. The summed E-state index contributed by atoms with van der Waals surface area (Å²) in [5.41, 5.74) is 4.07. The first kappa shape index (κ1) is 18.8. The van der Waals surface area contributed by atoms with E-state index >= 15 is 0 Å². The second-order valence-electron chi connectivity index (χ2n) is 6.79. The van der Waals surface area contributed by atoms with E-state index < -0.39 is 0 Å². The number of aromatic amines is 1. The Morgan fingerprint density at radius 2 is 1.89 bits per heavy atom. The van der Waals surface area contributed by atoms with Crippen molar-refractivity contribution in [3.8, 4) is 5.69 Å². The van der Waals surface area contributed by atoms with E-state index in [0.717, 1.165) is 32.1 Å². The molecule has 4 rings (SSSR count). The van der Waals surface area contributed by atoms with Crippen molar-refractivity contribution in [2.75, 3.05) is 0 Å². The molecule has 1 N–H and O–H groups in total. The smallest absolute Gasteiger partial charge is 0.259 e. The van der Waals surface area contributed by atoms with Gasteiger partial charge in [-0.15, -0.1) is 16.4 Å². The van der Waals surface area contributed by atoms with Gasteiger partial charge in [-0.3, -0.25) is 4.79 Å². The summed E-state index contributed by atoms with van der Waals surface area (Å²) in [5.74, 6) is 0.625. The van der Waals surface area contributed by atoms with Crippen LogP contribution in [0.4, 0.5) is 0 Å². The van der Waals surface area contributed by atoms with Crippen molar-refractivity contribution in [1.82, 2.24) is 30.2 Å². The van der Waals surface area contributed by atoms with Crippen molar-refractivity contribution in [2.24, 2.45) is 0 Å². The van der Waals surface area contributed by atoms with Crippen molar-refractivity contribution in [3.63, 3.8) is 0 Å². The van der Waals surface area contributed by atoms with E-state index in [0.29, 0.717) is 16.4 Å². The quantitative estimate of drug-likeness (QED) is 0.509. The largest absolute Gasteiger partial charge is 0.309 e. The summed E-state index contributed by atoms with van der Waals surface area (Å²) in [6.07, 6.45) is 0. The van der Waals surface area contributed by atoms with Crippen LogP contribution in [0.3, 0.4) is 0 Å². The summed E-state index contributed by atoms with van der Waals surface area (Å²) in [4.78, 5) is 22.1. The van der Waals surface area contributed by atoms with Gasteiger partial charge in [-0.25, -0.2) is 4.98 Å². The lowest BCUT2D eigenvalue weighted by molar-refractivity contribution is 0.745. The number of nitrogens with zero attached hydrogens (tertiary/aromatic N) is 5. The number of nitrogens with one attached hydrogen (secondary N) is 1. The predicted molar refractivity (Wildman–Crippen MR) is 113 cm³/mol. The van der Waals surface area contributed by atoms with Crippen LogP contribution >= 0.6 is 23.1 Å². The fourth-order valence-corrected chi connectivity index (χ4v) is 5.10. The topological polar surface area (TPSA) is 89.3 Å². The van der Waals surface area contributed by atoms with Gasteiger partial charge in [0.25, 0.3) is 5.56 Å². The molecule has 0 radical (unpaired) electrons. The molecular formula is C19H20N6OS2. The number of H-pyrrole nitrogens is 1. The normalized spacial score (nSPS) is 12.6. The first-order valence-corrected chi connectivity index (χ1v) is 10.6. The molecule has 0 saturated carbocycles. The number of hydrogen-bond acceptors (Lipinski definition) is 7. The molecule has 0 aliphatic heterocycles. The Hall–Kier alpha value is -2.52. The number of para-hydroxylation sites is 1. The third kappa shape index (κ3) is 3.14. The summed E-state index contributed by atoms with van der Waals surface area (Å²) in [7, 11) is 0. The molecule has 0 saturated heterocycles. The minimum atomic E-state index is -0.117. The predicted octanol–water partition coefficient (Wildman–Crippen LogP) is 4.05. The molecule has 0 aliphatic rings. The first-order valence-electron chi connectivity index (χ1n) is 8.88. The van der Waals surface area contributed by atoms with Gasteiger partial charge in [0.1, 0.15) is 10.7 Å². The van der Waals surface area contributed by atoms with E-state index in [2.05, 4.69) is 20.5 Å². The molecule has 3 heterocycles. The summed E-state index contributed by atoms with van der Waals surface area (Å²) >= 11 is 3.02. The zero-order chi connectivity index (χ0) is 20.0. The Labute approximate surface area is 170 Å². The number of thioether (sulfide) groups is 1. The first-order chi connectivity index (χ1) is 13.4. The van der Waals surface area contributed by atoms with Crippen LogP contribution < -0.4 is 5.56 Å². The number of aryl methyl sites for hydroxylation is 4. The number of tetrazole rings is 1. The van der Waals surface area contributed by atoms with Gasteiger partial charge in [0.15, 0.2) is 0 Å². The Bertz CT molecular complexity index is 1220. The lowest BCUT2D eigenvalue weighted by Crippen LogP contribution is -2.13. The lowest BCUT2D eigenvalue weighted by Gasteiger charge is -2.13. The molecular weight excluding hydrogens is 392 g/mol. The van der Waals surface area contributed by atoms with Crippen LogP contribution in [0.2, 0.25) is 0 Å². The van der Waals surface area contributed by atoms with Crippen LogP contribution in [0.5, 0.6) is 0 Å². The van der Waals surface area contributed by atoms with E-state index in [-0.39, 0.29) is 10.8 Å². The maximum atomic E-state index is 12.6. The molecule has 28 heavy (non-hydrogen) atoms. The molecule has 144 valence electrons. The number of thiophene rings is 1. The zero-order valence-electron chi connectivity index (χ0n) is 16.3. The molecule has 0 unspecified atom stereocenters. The Morgan fingerprint density at radius 3 is 2.61 bits per heavy atom. The molecule has 1 aromatic carbocycles. The van der Waals surface area contributed by atoms with Crippen molar-refractivity contribution in [3.05, 3.63) is 55.9 Å². The highest BCUT2D eigenvalue weighted by Crippen LogP contribution is 2.34. The van der Waals surface area contributed by atoms with E-state index in [1.807, 2.05) is 52.8 Å². The van der Waals surface area contributed by atoms with Crippen LogP contribution in [-0.4, -0.2) is 30.2 Å². The average Bonchev–Trinajstić information content (AvgIpc) is 3.19. The SMILES string of the molecule is Cc1cccc(C)c1-n1nnnc1S[C@@H](C)c1nc2sc(C)c(C)c2c(=O)[nH]1. The van der Waals surface area contributed by atoms with E-state index in [1.165, 1.54) is 11.8 Å². The molecule has 7 nitrogen and oxygen atoms in total. The third-order valence-electron chi connectivity index (χ3n) is 4.82. The van der Waals surface area contributed by atoms with E-state index in [1.54, 1.807) is 16.0 Å². The maximum Gasteiger partial charge on any atom is 0.259 e. The highest BCUT2D eigenvalue weighted by atomic mass is 32.2. The van der Waals surface area contributed by atoms with Gasteiger partial charge >= 0.3 is 0 Å². The van der Waals surface area contributed by atoms with Crippen molar-refractivity contribution < 1.29 is 0 Å². The third-order valence-corrected chi connectivity index (χ3v) is 6.96. The standard InChI is InChI=1S/C19H20N6OS2/c1-9-7-6-8-10(2)15(9)25-19(22-23-24-25)28-13(5)16-20-17(26)14-11(3)12(4)27-18(14)21-16/h6-8,13H,1-5H3,(H,20,21,26)/t13-/m0/s1. The fraction of sp³-hybridized carbons (Fsp3) is 0.316. The Balaban J connectivity index is 1.71. The van der Waals surface area contributed by atoms with Gasteiger partial charge < -0.3 is 4.98 Å². The molecule has 3 aromatic heterocycles. The maximum absolute atomic E-state index is 12.6. The van der Waals surface area contributed by atoms with Crippen molar-refractivity contribution in [2.45, 2.75) is 45.0 Å². The molecule has 9 heteroatoms. The van der Waals surface area contributed by atoms with E-state index in [4.69, 9.17) is 4.98 Å². The van der Waals surface area contributed by atoms with E-state index in [9.17, 15) is 4.79 Å². The molecule has 0 bridgehead atoms. The summed E-state index contributed by atoms with van der Waals surface area (Å²) in [6.45, 7) is 10.0. The molecule has 0 aliphatic carbocycles. The number of benzene rings is 1. The van der Waals surface area contributed by atoms with Gasteiger partial charge in [-0.05, 0) is 61.7 Å². The van der Waals surface area contributed by atoms with Gasteiger partial charge in [0, 0.05) is 4.88 Å². The minimum Gasteiger partial charge on any atom is -0.309 e. The molecule has 1 atom stereocenters. The number of hydrogen-bond donors (Lipinski definition) is 1. The van der Waals surface area contributed by atoms with Gasteiger partial charge in [-0.1, -0.05) is 30.0 Å². The Morgan fingerprint density at radius 1 is 1.18 bits per heavy atom. The highest BCUT2D eigenvalue weighted by molar-refractivity contribution is 7.99. The Kier molecular flexibility index (Phi) is 4.80. The zero-order valence-corrected chi connectivity index (χ0v) is 17.9. The van der Waals surface area contributed by atoms with Gasteiger partial charge in [0.05, 0.1) is 16.3 Å². The van der Waals surface area contributed by atoms with Crippen LogP contribution in [0.25, 0.3) is 15.9 Å². The summed E-state index contributed by atoms with van der Waals surface area (Å²) < 4.78 is 1.75. The summed E-state index contributed by atoms with van der Waals surface area (Å²) in [6, 6.07) is 6.09. The molecule has 0 spiro atoms. The summed E-state index contributed by atoms with van der Waals surface area (Å²) in [5, 5.41) is 13.5. The van der Waals surface area contributed by atoms with Gasteiger partial charge in [0.2, 0.25) is 5.16 Å².